The number of nitrogens with one attached hydrogen (secondary N) is 2. The molecule has 2 rings (SSSR count). The maximum Gasteiger partial charge on any atom is 0.229 e. The van der Waals surface area contributed by atoms with Crippen LogP contribution in [0.4, 0.5) is 11.6 Å². The first-order valence-corrected chi connectivity index (χ1v) is 8.37. The lowest BCUT2D eigenvalue weighted by Crippen LogP contribution is -2.09. The summed E-state index contributed by atoms with van der Waals surface area (Å²) in [5.74, 6) is 0.721. The quantitative estimate of drug-likeness (QED) is 0.756. The average molecular weight is 352 g/mol. The molecule has 8 nitrogen and oxygen atoms in total. The SMILES string of the molecule is N#C/C(=C\Nc1ccccn1)S(=O)(=O)/C(C#N)=C/Nc1ccccn1. The number of anilines is 2. The highest BCUT2D eigenvalue weighted by atomic mass is 32.2. The number of pyridine rings is 2. The summed E-state index contributed by atoms with van der Waals surface area (Å²) in [5.41, 5.74) is 0. The molecule has 0 saturated heterocycles. The number of nitrogens with zero attached hydrogens (tertiary/aromatic N) is 4. The summed E-state index contributed by atoms with van der Waals surface area (Å²) in [6, 6.07) is 13.1. The van der Waals surface area contributed by atoms with Gasteiger partial charge >= 0.3 is 0 Å². The van der Waals surface area contributed by atoms with Crippen LogP contribution < -0.4 is 10.6 Å². The second-order valence-corrected chi connectivity index (χ2v) is 6.35. The van der Waals surface area contributed by atoms with Gasteiger partial charge in [-0.25, -0.2) is 18.4 Å². The molecule has 0 unspecified atom stereocenters. The Kier molecular flexibility index (Phi) is 5.82. The van der Waals surface area contributed by atoms with Crippen LogP contribution >= 0.6 is 0 Å². The van der Waals surface area contributed by atoms with Crippen molar-refractivity contribution in [2.24, 2.45) is 0 Å². The van der Waals surface area contributed by atoms with Gasteiger partial charge in [0.15, 0.2) is 9.81 Å². The van der Waals surface area contributed by atoms with E-state index < -0.39 is 19.6 Å². The molecular weight excluding hydrogens is 340 g/mol. The molecule has 124 valence electrons. The Bertz CT molecular complexity index is 895. The zero-order chi connectivity index (χ0) is 18.1. The van der Waals surface area contributed by atoms with E-state index >= 15 is 0 Å². The fraction of sp³-hybridized carbons (Fsp3) is 0. The topological polar surface area (TPSA) is 132 Å². The molecule has 0 spiro atoms. The third kappa shape index (κ3) is 4.64. The van der Waals surface area contributed by atoms with E-state index in [0.717, 1.165) is 12.4 Å². The highest BCUT2D eigenvalue weighted by Crippen LogP contribution is 2.17. The summed E-state index contributed by atoms with van der Waals surface area (Å²) in [6.07, 6.45) is 5.00. The van der Waals surface area contributed by atoms with Crippen LogP contribution in [-0.2, 0) is 9.84 Å². The lowest BCUT2D eigenvalue weighted by Gasteiger charge is -2.04. The second-order valence-electron chi connectivity index (χ2n) is 4.46. The van der Waals surface area contributed by atoms with Gasteiger partial charge in [0.1, 0.15) is 23.8 Å². The lowest BCUT2D eigenvalue weighted by atomic mass is 10.5. The van der Waals surface area contributed by atoms with Crippen molar-refractivity contribution in [2.45, 2.75) is 0 Å². The van der Waals surface area contributed by atoms with Crippen molar-refractivity contribution in [3.05, 3.63) is 71.0 Å². The summed E-state index contributed by atoms with van der Waals surface area (Å²) >= 11 is 0. The predicted molar refractivity (Wildman–Crippen MR) is 92.0 cm³/mol. The van der Waals surface area contributed by atoms with Crippen LogP contribution in [-0.4, -0.2) is 18.4 Å². The molecule has 0 aliphatic heterocycles. The molecule has 0 atom stereocenters. The monoisotopic (exact) mass is 352 g/mol. The smallest absolute Gasteiger partial charge is 0.229 e. The minimum Gasteiger partial charge on any atom is -0.345 e. The number of hydrogen-bond donors (Lipinski definition) is 2. The van der Waals surface area contributed by atoms with Gasteiger partial charge in [-0.05, 0) is 24.3 Å². The second kappa shape index (κ2) is 8.24. The van der Waals surface area contributed by atoms with Crippen molar-refractivity contribution in [1.29, 1.82) is 10.5 Å². The molecular formula is C16H12N6O2S. The maximum absolute atomic E-state index is 12.4. The number of nitriles is 2. The van der Waals surface area contributed by atoms with Gasteiger partial charge in [-0.15, -0.1) is 0 Å². The average Bonchev–Trinajstić information content (AvgIpc) is 2.64. The third-order valence-electron chi connectivity index (χ3n) is 2.83. The molecule has 0 amide bonds. The van der Waals surface area contributed by atoms with Gasteiger partial charge in [0.25, 0.3) is 0 Å². The normalized spacial score (nSPS) is 11.9. The fourth-order valence-electron chi connectivity index (χ4n) is 1.63. The van der Waals surface area contributed by atoms with Gasteiger partial charge in [0.2, 0.25) is 9.84 Å². The van der Waals surface area contributed by atoms with E-state index in [1.165, 1.54) is 12.4 Å². The van der Waals surface area contributed by atoms with Crippen molar-refractivity contribution < 1.29 is 8.42 Å². The van der Waals surface area contributed by atoms with Crippen LogP contribution in [0.25, 0.3) is 0 Å². The Morgan fingerprint density at radius 3 is 1.64 bits per heavy atom. The summed E-state index contributed by atoms with van der Waals surface area (Å²) in [7, 11) is -4.28. The third-order valence-corrected chi connectivity index (χ3v) is 4.41. The van der Waals surface area contributed by atoms with E-state index in [1.807, 2.05) is 0 Å². The molecule has 0 radical (unpaired) electrons. The van der Waals surface area contributed by atoms with Crippen LogP contribution in [0.3, 0.4) is 0 Å². The van der Waals surface area contributed by atoms with E-state index in [-0.39, 0.29) is 0 Å². The minimum atomic E-state index is -4.28. The first-order valence-electron chi connectivity index (χ1n) is 6.88. The largest absolute Gasteiger partial charge is 0.345 e. The summed E-state index contributed by atoms with van der Waals surface area (Å²) in [5, 5.41) is 23.5. The molecule has 0 fully saturated rings. The Balaban J connectivity index is 2.26. The molecule has 2 aromatic rings. The Morgan fingerprint density at radius 1 is 0.880 bits per heavy atom. The van der Waals surface area contributed by atoms with Gasteiger partial charge in [0.05, 0.1) is 0 Å². The summed E-state index contributed by atoms with van der Waals surface area (Å²) < 4.78 is 24.9. The minimum absolute atomic E-state index is 0.361. The highest BCUT2D eigenvalue weighted by Gasteiger charge is 2.24. The molecule has 0 aliphatic carbocycles. The van der Waals surface area contributed by atoms with Crippen LogP contribution in [0.2, 0.25) is 0 Å². The summed E-state index contributed by atoms with van der Waals surface area (Å²) in [4.78, 5) is 6.66. The number of hydrogen-bond acceptors (Lipinski definition) is 8. The molecule has 0 aliphatic rings. The first-order chi connectivity index (χ1) is 12.1. The van der Waals surface area contributed by atoms with Gasteiger partial charge in [-0.1, -0.05) is 12.1 Å². The highest BCUT2D eigenvalue weighted by molar-refractivity contribution is 7.99. The Hall–Kier alpha value is -3.69. The van der Waals surface area contributed by atoms with Gasteiger partial charge in [-0.2, -0.15) is 10.5 Å². The van der Waals surface area contributed by atoms with Crippen molar-refractivity contribution >= 4 is 21.5 Å². The Labute approximate surface area is 144 Å². The van der Waals surface area contributed by atoms with Gasteiger partial charge in [0, 0.05) is 24.8 Å². The molecule has 0 bridgehead atoms. The van der Waals surface area contributed by atoms with E-state index in [4.69, 9.17) is 10.5 Å². The van der Waals surface area contributed by atoms with Crippen molar-refractivity contribution in [3.63, 3.8) is 0 Å². The molecule has 0 aromatic carbocycles. The standard InChI is InChI=1S/C16H12N6O2S/c17-9-13(11-21-15-5-1-3-7-19-15)25(23,24)14(10-18)12-22-16-6-2-4-8-20-16/h1-8,11-12H,(H,19,21)(H,20,22)/b13-11+,14-12+. The molecule has 2 aromatic heterocycles. The maximum atomic E-state index is 12.4. The van der Waals surface area contributed by atoms with Crippen LogP contribution in [0.5, 0.6) is 0 Å². The van der Waals surface area contributed by atoms with Crippen molar-refractivity contribution in [2.75, 3.05) is 10.6 Å². The van der Waals surface area contributed by atoms with Crippen molar-refractivity contribution in [1.82, 2.24) is 9.97 Å². The fourth-order valence-corrected chi connectivity index (χ4v) is 2.54. The predicted octanol–water partition coefficient (Wildman–Crippen LogP) is 2.15. The van der Waals surface area contributed by atoms with E-state index in [1.54, 1.807) is 48.5 Å². The van der Waals surface area contributed by atoms with Gasteiger partial charge < -0.3 is 10.6 Å². The first kappa shape index (κ1) is 17.7. The Morgan fingerprint density at radius 2 is 1.32 bits per heavy atom. The zero-order valence-corrected chi connectivity index (χ0v) is 13.6. The van der Waals surface area contributed by atoms with Gasteiger partial charge in [-0.3, -0.25) is 0 Å². The van der Waals surface area contributed by atoms with Crippen LogP contribution in [0.15, 0.2) is 71.0 Å². The molecule has 25 heavy (non-hydrogen) atoms. The molecule has 9 heteroatoms. The number of allylic oxidation sites excluding steroid dienone is 2. The summed E-state index contributed by atoms with van der Waals surface area (Å²) in [6.45, 7) is 0. The van der Waals surface area contributed by atoms with Crippen LogP contribution in [0, 0.1) is 22.7 Å². The number of rotatable bonds is 6. The number of aromatic nitrogens is 2. The lowest BCUT2D eigenvalue weighted by molar-refractivity contribution is 0.609. The van der Waals surface area contributed by atoms with E-state index in [9.17, 15) is 8.42 Å². The molecule has 2 heterocycles. The van der Waals surface area contributed by atoms with E-state index in [2.05, 4.69) is 20.6 Å². The molecule has 0 saturated carbocycles. The zero-order valence-electron chi connectivity index (χ0n) is 12.8. The number of sulfone groups is 1. The van der Waals surface area contributed by atoms with E-state index in [0.29, 0.717) is 11.6 Å². The molecule has 2 N–H and O–H groups in total. The van der Waals surface area contributed by atoms with Crippen molar-refractivity contribution in [3.8, 4) is 12.1 Å². The van der Waals surface area contributed by atoms with Crippen LogP contribution in [0.1, 0.15) is 0 Å².